The largest absolute Gasteiger partial charge is 0.509 e. The van der Waals surface area contributed by atoms with Gasteiger partial charge in [-0.05, 0) is 61.6 Å². The third-order valence-corrected chi connectivity index (χ3v) is 9.30. The Bertz CT molecular complexity index is 1580. The van der Waals surface area contributed by atoms with E-state index in [1.165, 1.54) is 24.3 Å². The molecule has 2 N–H and O–H groups in total. The highest BCUT2D eigenvalue weighted by molar-refractivity contribution is 5.79. The second-order valence-electron chi connectivity index (χ2n) is 13.5. The molecule has 2 heterocycles. The predicted molar refractivity (Wildman–Crippen MR) is 202 cm³/mol. The number of aromatic nitrogens is 4. The van der Waals surface area contributed by atoms with Gasteiger partial charge in [0.25, 0.3) is 0 Å². The minimum Gasteiger partial charge on any atom is -0.457 e. The van der Waals surface area contributed by atoms with E-state index in [1.807, 2.05) is 31.2 Å². The van der Waals surface area contributed by atoms with Crippen LogP contribution in [0.15, 0.2) is 97.8 Å². The van der Waals surface area contributed by atoms with Crippen LogP contribution in [0.2, 0.25) is 0 Å². The summed E-state index contributed by atoms with van der Waals surface area (Å²) in [5, 5.41) is 7.14. The fraction of sp³-hybridized carbons (Fsp3) is 0.463. The smallest absolute Gasteiger partial charge is 0.457 e. The van der Waals surface area contributed by atoms with Gasteiger partial charge in [-0.2, -0.15) is 0 Å². The first kappa shape index (κ1) is 39.9. The third-order valence-electron chi connectivity index (χ3n) is 9.30. The van der Waals surface area contributed by atoms with Crippen LogP contribution in [0, 0.1) is 11.8 Å². The molecule has 0 saturated heterocycles. The molecule has 2 aromatic carbocycles. The molecular weight excluding hydrogens is 656 g/mol. The second-order valence-corrected chi connectivity index (χ2v) is 13.5. The molecule has 4 aromatic rings. The van der Waals surface area contributed by atoms with Crippen molar-refractivity contribution in [2.24, 2.45) is 11.8 Å². The number of hydrogen-bond acceptors (Lipinski definition) is 11. The Morgan fingerprint density at radius 1 is 0.750 bits per heavy atom. The van der Waals surface area contributed by atoms with Crippen molar-refractivity contribution in [2.45, 2.75) is 90.4 Å². The molecule has 2 aromatic heterocycles. The lowest BCUT2D eigenvalue weighted by Crippen LogP contribution is -2.46. The summed E-state index contributed by atoms with van der Waals surface area (Å²) >= 11 is 0. The SMILES string of the molecule is CCCC(C)CC(CNC(C)C(OC(=O)C(OC(=O)OCC)c1cncnc1)C(C)CC(CNc1ncccn1)c1ccccc1)c1ccccc1. The van der Waals surface area contributed by atoms with Gasteiger partial charge in [-0.1, -0.05) is 94.3 Å². The van der Waals surface area contributed by atoms with Crippen LogP contribution in [0.1, 0.15) is 94.9 Å². The van der Waals surface area contributed by atoms with Gasteiger partial charge in [0.15, 0.2) is 0 Å². The fourth-order valence-electron chi connectivity index (χ4n) is 6.71. The third kappa shape index (κ3) is 12.7. The predicted octanol–water partition coefficient (Wildman–Crippen LogP) is 7.90. The molecule has 7 atom stereocenters. The lowest BCUT2D eigenvalue weighted by Gasteiger charge is -2.34. The van der Waals surface area contributed by atoms with E-state index in [0.717, 1.165) is 24.8 Å². The van der Waals surface area contributed by atoms with Crippen LogP contribution in [-0.2, 0) is 19.0 Å². The Morgan fingerprint density at radius 3 is 1.96 bits per heavy atom. The number of hydrogen-bond donors (Lipinski definition) is 2. The van der Waals surface area contributed by atoms with E-state index in [0.29, 0.717) is 31.4 Å². The lowest BCUT2D eigenvalue weighted by atomic mass is 9.84. The number of rotatable bonds is 21. The van der Waals surface area contributed by atoms with Gasteiger partial charge < -0.3 is 24.8 Å². The van der Waals surface area contributed by atoms with Crippen molar-refractivity contribution in [3.8, 4) is 0 Å². The summed E-state index contributed by atoms with van der Waals surface area (Å²) in [6, 6.07) is 22.3. The van der Waals surface area contributed by atoms with Gasteiger partial charge in [-0.15, -0.1) is 0 Å². The number of carbonyl (C=O) groups excluding carboxylic acids is 2. The van der Waals surface area contributed by atoms with Crippen LogP contribution in [-0.4, -0.2) is 63.9 Å². The molecule has 52 heavy (non-hydrogen) atoms. The van der Waals surface area contributed by atoms with Gasteiger partial charge in [-0.3, -0.25) is 0 Å². The molecule has 0 radical (unpaired) electrons. The summed E-state index contributed by atoms with van der Waals surface area (Å²) in [6.07, 6.45) is 8.63. The first-order valence-corrected chi connectivity index (χ1v) is 18.4. The quantitative estimate of drug-likeness (QED) is 0.0817. The van der Waals surface area contributed by atoms with E-state index < -0.39 is 24.3 Å². The maximum Gasteiger partial charge on any atom is 0.509 e. The molecule has 0 fully saturated rings. The highest BCUT2D eigenvalue weighted by Crippen LogP contribution is 2.31. The monoisotopic (exact) mass is 710 g/mol. The van der Waals surface area contributed by atoms with Gasteiger partial charge in [0.05, 0.1) is 6.61 Å². The van der Waals surface area contributed by atoms with E-state index in [1.54, 1.807) is 25.4 Å². The molecule has 0 bridgehead atoms. The van der Waals surface area contributed by atoms with Crippen molar-refractivity contribution < 1.29 is 23.8 Å². The minimum atomic E-state index is -1.41. The summed E-state index contributed by atoms with van der Waals surface area (Å²) in [5.74, 6) is 0.542. The number of nitrogens with one attached hydrogen (secondary N) is 2. The molecule has 11 nitrogen and oxygen atoms in total. The molecular formula is C41H54N6O5. The summed E-state index contributed by atoms with van der Waals surface area (Å²) in [7, 11) is 0. The first-order chi connectivity index (χ1) is 25.3. The Morgan fingerprint density at radius 2 is 1.37 bits per heavy atom. The summed E-state index contributed by atoms with van der Waals surface area (Å²) in [6.45, 7) is 11.7. The van der Waals surface area contributed by atoms with E-state index in [4.69, 9.17) is 14.2 Å². The van der Waals surface area contributed by atoms with Crippen LogP contribution in [0.5, 0.6) is 0 Å². The van der Waals surface area contributed by atoms with Crippen LogP contribution in [0.3, 0.4) is 0 Å². The minimum absolute atomic E-state index is 0.0365. The van der Waals surface area contributed by atoms with E-state index in [2.05, 4.69) is 87.7 Å². The number of carbonyl (C=O) groups is 2. The molecule has 4 rings (SSSR count). The number of ether oxygens (including phenoxy) is 3. The number of benzene rings is 2. The normalized spacial score (nSPS) is 15.2. The van der Waals surface area contributed by atoms with E-state index in [9.17, 15) is 9.59 Å². The van der Waals surface area contributed by atoms with E-state index in [-0.39, 0.29) is 36.0 Å². The Balaban J connectivity index is 1.61. The summed E-state index contributed by atoms with van der Waals surface area (Å²) < 4.78 is 16.9. The zero-order chi connectivity index (χ0) is 37.1. The second kappa shape index (κ2) is 21.5. The topological polar surface area (TPSA) is 137 Å². The van der Waals surface area contributed by atoms with Crippen molar-refractivity contribution in [3.63, 3.8) is 0 Å². The molecule has 0 aliphatic heterocycles. The maximum atomic E-state index is 14.1. The molecule has 7 unspecified atom stereocenters. The molecule has 0 saturated carbocycles. The lowest BCUT2D eigenvalue weighted by molar-refractivity contribution is -0.165. The fourth-order valence-corrected chi connectivity index (χ4v) is 6.71. The zero-order valence-corrected chi connectivity index (χ0v) is 31.1. The highest BCUT2D eigenvalue weighted by Gasteiger charge is 2.35. The number of anilines is 1. The van der Waals surface area contributed by atoms with Crippen molar-refractivity contribution in [2.75, 3.05) is 25.0 Å². The van der Waals surface area contributed by atoms with Crippen molar-refractivity contribution in [1.29, 1.82) is 0 Å². The number of esters is 1. The summed E-state index contributed by atoms with van der Waals surface area (Å²) in [5.41, 5.74) is 2.70. The molecule has 0 amide bonds. The van der Waals surface area contributed by atoms with Crippen molar-refractivity contribution in [1.82, 2.24) is 25.3 Å². The Labute approximate surface area is 308 Å². The van der Waals surface area contributed by atoms with Gasteiger partial charge in [0.1, 0.15) is 12.4 Å². The van der Waals surface area contributed by atoms with Gasteiger partial charge in [0.2, 0.25) is 12.1 Å². The molecule has 278 valence electrons. The van der Waals surface area contributed by atoms with Crippen LogP contribution in [0.25, 0.3) is 0 Å². The zero-order valence-electron chi connectivity index (χ0n) is 31.1. The number of nitrogens with zero attached hydrogens (tertiary/aromatic N) is 4. The average Bonchev–Trinajstić information content (AvgIpc) is 3.17. The van der Waals surface area contributed by atoms with Crippen LogP contribution >= 0.6 is 0 Å². The molecule has 0 aliphatic rings. The van der Waals surface area contributed by atoms with E-state index >= 15 is 0 Å². The molecule has 11 heteroatoms. The Kier molecular flexibility index (Phi) is 16.5. The van der Waals surface area contributed by atoms with Gasteiger partial charge in [-0.25, -0.2) is 29.5 Å². The Hall–Kier alpha value is -4.90. The summed E-state index contributed by atoms with van der Waals surface area (Å²) in [4.78, 5) is 43.4. The van der Waals surface area contributed by atoms with Crippen LogP contribution < -0.4 is 10.6 Å². The first-order valence-electron chi connectivity index (χ1n) is 18.4. The maximum absolute atomic E-state index is 14.1. The standard InChI is InChI=1S/C41H54N6O5/c1-6-15-29(3)22-34(32-16-10-8-11-17-32)26-46-31(5)37(51-39(48)38(52-41(49)50-7-2)36-24-42-28-43-25-36)30(4)23-35(33-18-12-9-13-19-33)27-47-40-44-20-14-21-45-40/h8-14,16-21,24-25,28-31,34-35,37-38,46H,6-7,15,22-23,26-27H2,1-5H3,(H,44,45,47). The van der Waals surface area contributed by atoms with Crippen LogP contribution in [0.4, 0.5) is 10.7 Å². The van der Waals surface area contributed by atoms with Gasteiger partial charge >= 0.3 is 12.1 Å². The van der Waals surface area contributed by atoms with Crippen molar-refractivity contribution in [3.05, 3.63) is 115 Å². The highest BCUT2D eigenvalue weighted by atomic mass is 16.7. The van der Waals surface area contributed by atoms with Gasteiger partial charge in [0, 0.05) is 55.4 Å². The molecule has 0 spiro atoms. The molecule has 0 aliphatic carbocycles. The average molecular weight is 711 g/mol. The van der Waals surface area contributed by atoms with Crippen molar-refractivity contribution >= 4 is 18.1 Å².